The van der Waals surface area contributed by atoms with Crippen LogP contribution in [0.15, 0.2) is 36.5 Å². The monoisotopic (exact) mass is 372 g/mol. The summed E-state index contributed by atoms with van der Waals surface area (Å²) < 4.78 is 11.0. The number of pyridine rings is 1. The number of hydrogen-bond acceptors (Lipinski definition) is 6. The number of hydrogen-bond donors (Lipinski definition) is 3. The van der Waals surface area contributed by atoms with Crippen molar-refractivity contribution in [1.82, 2.24) is 10.3 Å². The van der Waals surface area contributed by atoms with Gasteiger partial charge < -0.3 is 25.8 Å². The van der Waals surface area contributed by atoms with Gasteiger partial charge in [0.2, 0.25) is 5.91 Å². The van der Waals surface area contributed by atoms with Crippen molar-refractivity contribution in [2.75, 3.05) is 26.0 Å². The maximum atomic E-state index is 12.2. The van der Waals surface area contributed by atoms with Crippen molar-refractivity contribution in [3.05, 3.63) is 47.8 Å². The van der Waals surface area contributed by atoms with E-state index < -0.39 is 0 Å². The van der Waals surface area contributed by atoms with Gasteiger partial charge in [-0.3, -0.25) is 14.6 Å². The molecule has 0 aliphatic rings. The molecule has 2 amide bonds. The molecule has 0 saturated heterocycles. The third kappa shape index (κ3) is 5.77. The summed E-state index contributed by atoms with van der Waals surface area (Å²) in [7, 11) is 3.04. The maximum absolute atomic E-state index is 12.2. The average molecular weight is 372 g/mol. The van der Waals surface area contributed by atoms with Crippen molar-refractivity contribution in [2.24, 2.45) is 5.73 Å². The lowest BCUT2D eigenvalue weighted by Crippen LogP contribution is -2.28. The molecule has 0 aliphatic carbocycles. The van der Waals surface area contributed by atoms with Crippen molar-refractivity contribution in [3.63, 3.8) is 0 Å². The van der Waals surface area contributed by atoms with E-state index in [1.807, 2.05) is 13.0 Å². The number of rotatable bonds is 8. The second-order valence-electron chi connectivity index (χ2n) is 5.90. The van der Waals surface area contributed by atoms with Crippen molar-refractivity contribution >= 4 is 17.5 Å². The largest absolute Gasteiger partial charge is 0.455 e. The van der Waals surface area contributed by atoms with Gasteiger partial charge in [-0.05, 0) is 30.7 Å². The molecule has 27 heavy (non-hydrogen) atoms. The van der Waals surface area contributed by atoms with Crippen LogP contribution >= 0.6 is 0 Å². The lowest BCUT2D eigenvalue weighted by atomic mass is 10.2. The Balaban J connectivity index is 2.21. The zero-order chi connectivity index (χ0) is 19.8. The molecule has 0 fully saturated rings. The third-order valence-electron chi connectivity index (χ3n) is 3.84. The van der Waals surface area contributed by atoms with Gasteiger partial charge in [-0.15, -0.1) is 0 Å². The summed E-state index contributed by atoms with van der Waals surface area (Å²) in [6, 6.07) is 8.58. The number of carbonyl (C=O) groups excluding carboxylic acids is 2. The number of ether oxygens (including phenoxy) is 2. The molecule has 8 heteroatoms. The van der Waals surface area contributed by atoms with Gasteiger partial charge in [-0.2, -0.15) is 0 Å². The van der Waals surface area contributed by atoms with Crippen LogP contribution in [0.1, 0.15) is 22.5 Å². The predicted octanol–water partition coefficient (Wildman–Crippen LogP) is 1.84. The number of methoxy groups -OCH3 is 1. The zero-order valence-corrected chi connectivity index (χ0v) is 15.6. The molecule has 144 valence electrons. The summed E-state index contributed by atoms with van der Waals surface area (Å²) in [6.07, 6.45) is 1.27. The first-order valence-electron chi connectivity index (χ1n) is 8.46. The van der Waals surface area contributed by atoms with Crippen LogP contribution < -0.4 is 21.1 Å². The third-order valence-corrected chi connectivity index (χ3v) is 3.84. The van der Waals surface area contributed by atoms with Crippen molar-refractivity contribution in [2.45, 2.75) is 19.4 Å². The molecule has 0 spiro atoms. The topological polar surface area (TPSA) is 116 Å². The van der Waals surface area contributed by atoms with Crippen LogP contribution in [0.2, 0.25) is 0 Å². The summed E-state index contributed by atoms with van der Waals surface area (Å²) in [4.78, 5) is 28.0. The Kier molecular flexibility index (Phi) is 7.27. The van der Waals surface area contributed by atoms with Crippen molar-refractivity contribution < 1.29 is 19.1 Å². The lowest BCUT2D eigenvalue weighted by Gasteiger charge is -2.16. The van der Waals surface area contributed by atoms with E-state index in [2.05, 4.69) is 15.6 Å². The van der Waals surface area contributed by atoms with Gasteiger partial charge >= 0.3 is 0 Å². The molecule has 0 aliphatic heterocycles. The Hall–Kier alpha value is -2.97. The SMILES string of the molecule is CNC(=O)c1cc(Oc2cc(C)ccc2NC(=O)CC(CN)OC)ccn1. The maximum Gasteiger partial charge on any atom is 0.269 e. The van der Waals surface area contributed by atoms with Crippen LogP contribution in [-0.4, -0.2) is 43.6 Å². The molecule has 1 atom stereocenters. The molecule has 0 bridgehead atoms. The molecule has 0 radical (unpaired) electrons. The van der Waals surface area contributed by atoms with Gasteiger partial charge in [0.15, 0.2) is 5.75 Å². The van der Waals surface area contributed by atoms with E-state index in [-0.39, 0.29) is 36.6 Å². The fourth-order valence-corrected chi connectivity index (χ4v) is 2.34. The number of nitrogens with one attached hydrogen (secondary N) is 2. The highest BCUT2D eigenvalue weighted by Crippen LogP contribution is 2.31. The highest BCUT2D eigenvalue weighted by atomic mass is 16.5. The normalized spacial score (nSPS) is 11.6. The first kappa shape index (κ1) is 20.3. The minimum Gasteiger partial charge on any atom is -0.455 e. The minimum atomic E-state index is -0.352. The Morgan fingerprint density at radius 2 is 2.04 bits per heavy atom. The fraction of sp³-hybridized carbons (Fsp3) is 0.316. The summed E-state index contributed by atoms with van der Waals surface area (Å²) in [5.41, 5.74) is 7.26. The fourth-order valence-electron chi connectivity index (χ4n) is 2.34. The van der Waals surface area contributed by atoms with Crippen LogP contribution in [-0.2, 0) is 9.53 Å². The highest BCUT2D eigenvalue weighted by molar-refractivity contribution is 5.93. The van der Waals surface area contributed by atoms with E-state index in [0.29, 0.717) is 17.2 Å². The van der Waals surface area contributed by atoms with Crippen molar-refractivity contribution in [1.29, 1.82) is 0 Å². The molecule has 8 nitrogen and oxygen atoms in total. The summed E-state index contributed by atoms with van der Waals surface area (Å²) >= 11 is 0. The van der Waals surface area contributed by atoms with Crippen LogP contribution in [0.4, 0.5) is 5.69 Å². The minimum absolute atomic E-state index is 0.135. The average Bonchev–Trinajstić information content (AvgIpc) is 2.67. The van der Waals surface area contributed by atoms with E-state index in [9.17, 15) is 9.59 Å². The van der Waals surface area contributed by atoms with Crippen LogP contribution in [0.5, 0.6) is 11.5 Å². The number of amides is 2. The molecule has 1 unspecified atom stereocenters. The quantitative estimate of drug-likeness (QED) is 0.651. The number of nitrogens with zero attached hydrogens (tertiary/aromatic N) is 1. The van der Waals surface area contributed by atoms with Crippen LogP contribution in [0.3, 0.4) is 0 Å². The second-order valence-corrected chi connectivity index (χ2v) is 5.90. The lowest BCUT2D eigenvalue weighted by molar-refractivity contribution is -0.118. The smallest absolute Gasteiger partial charge is 0.269 e. The summed E-state index contributed by atoms with van der Waals surface area (Å²) in [6.45, 7) is 2.16. The standard InChI is InChI=1S/C19H24N4O4/c1-12-4-5-15(23-18(24)10-14(11-20)26-3)17(8-12)27-13-6-7-22-16(9-13)19(25)21-2/h4-9,14H,10-11,20H2,1-3H3,(H,21,25)(H,23,24). The van der Waals surface area contributed by atoms with E-state index in [1.54, 1.807) is 18.2 Å². The Morgan fingerprint density at radius 3 is 2.70 bits per heavy atom. The van der Waals surface area contributed by atoms with Gasteiger partial charge in [-0.25, -0.2) is 0 Å². The molecule has 1 aromatic heterocycles. The first-order valence-corrected chi connectivity index (χ1v) is 8.46. The van der Waals surface area contributed by atoms with Crippen LogP contribution in [0, 0.1) is 6.92 Å². The molecular weight excluding hydrogens is 348 g/mol. The van der Waals surface area contributed by atoms with Gasteiger partial charge in [0.25, 0.3) is 5.91 Å². The Bertz CT molecular complexity index is 806. The van der Waals surface area contributed by atoms with E-state index >= 15 is 0 Å². The molecule has 0 saturated carbocycles. The first-order chi connectivity index (χ1) is 13.0. The van der Waals surface area contributed by atoms with Gasteiger partial charge in [0, 0.05) is 33.0 Å². The summed E-state index contributed by atoms with van der Waals surface area (Å²) in [5.74, 6) is 0.341. The van der Waals surface area contributed by atoms with Gasteiger partial charge in [-0.1, -0.05) is 6.07 Å². The van der Waals surface area contributed by atoms with Gasteiger partial charge in [0.05, 0.1) is 18.2 Å². The van der Waals surface area contributed by atoms with Crippen LogP contribution in [0.25, 0.3) is 0 Å². The number of anilines is 1. The predicted molar refractivity (Wildman–Crippen MR) is 102 cm³/mol. The number of benzene rings is 1. The number of nitrogens with two attached hydrogens (primary N) is 1. The number of aryl methyl sites for hydroxylation is 1. The van der Waals surface area contributed by atoms with E-state index in [4.69, 9.17) is 15.2 Å². The zero-order valence-electron chi connectivity index (χ0n) is 15.6. The van der Waals surface area contributed by atoms with Crippen molar-refractivity contribution in [3.8, 4) is 11.5 Å². The van der Waals surface area contributed by atoms with E-state index in [0.717, 1.165) is 5.56 Å². The molecule has 2 rings (SSSR count). The summed E-state index contributed by atoms with van der Waals surface area (Å²) in [5, 5.41) is 5.32. The molecular formula is C19H24N4O4. The molecule has 2 aromatic rings. The second kappa shape index (κ2) is 9.65. The molecule has 1 aromatic carbocycles. The Morgan fingerprint density at radius 1 is 1.26 bits per heavy atom. The highest BCUT2D eigenvalue weighted by Gasteiger charge is 2.15. The Labute approximate surface area is 158 Å². The molecule has 4 N–H and O–H groups in total. The van der Waals surface area contributed by atoms with E-state index in [1.165, 1.54) is 26.4 Å². The number of carbonyl (C=O) groups is 2. The number of aromatic nitrogens is 1. The van der Waals surface area contributed by atoms with Gasteiger partial charge in [0.1, 0.15) is 11.4 Å². The molecule has 1 heterocycles.